The van der Waals surface area contributed by atoms with Crippen molar-refractivity contribution < 1.29 is 31.1 Å². The van der Waals surface area contributed by atoms with Crippen LogP contribution in [0.4, 0.5) is 17.1 Å². The Kier molecular flexibility index (Phi) is 7.60. The van der Waals surface area contributed by atoms with Crippen molar-refractivity contribution in [2.75, 3.05) is 39.9 Å². The molecule has 0 spiro atoms. The molecule has 3 aromatic carbocycles. The number of sulfonamides is 2. The number of benzene rings is 3. The van der Waals surface area contributed by atoms with E-state index in [1.165, 1.54) is 37.3 Å². The lowest BCUT2D eigenvalue weighted by Gasteiger charge is -2.25. The number of carbonyl (C=O) groups is 1. The predicted molar refractivity (Wildman–Crippen MR) is 141 cm³/mol. The van der Waals surface area contributed by atoms with E-state index in [1.54, 1.807) is 36.4 Å². The number of ether oxygens (including phenoxy) is 2. The van der Waals surface area contributed by atoms with Gasteiger partial charge >= 0.3 is 0 Å². The Hall–Kier alpha value is -3.77. The van der Waals surface area contributed by atoms with Crippen molar-refractivity contribution in [3.05, 3.63) is 72.3 Å². The van der Waals surface area contributed by atoms with Crippen LogP contribution in [0.5, 0.6) is 11.5 Å². The van der Waals surface area contributed by atoms with Crippen LogP contribution < -0.4 is 23.8 Å². The summed E-state index contributed by atoms with van der Waals surface area (Å²) >= 11 is 0. The molecule has 1 aliphatic rings. The number of aryl methyl sites for hydroxylation is 1. The molecule has 2 N–H and O–H groups in total. The minimum Gasteiger partial charge on any atom is -0.486 e. The quantitative estimate of drug-likeness (QED) is 0.422. The molecule has 0 atom stereocenters. The van der Waals surface area contributed by atoms with Crippen molar-refractivity contribution in [1.82, 2.24) is 0 Å². The van der Waals surface area contributed by atoms with Crippen molar-refractivity contribution in [2.24, 2.45) is 0 Å². The number of nitrogens with zero attached hydrogens (tertiary/aromatic N) is 1. The van der Waals surface area contributed by atoms with Crippen molar-refractivity contribution in [1.29, 1.82) is 0 Å². The van der Waals surface area contributed by atoms with Crippen LogP contribution in [-0.4, -0.2) is 48.3 Å². The first-order chi connectivity index (χ1) is 17.6. The van der Waals surface area contributed by atoms with E-state index in [1.807, 2.05) is 6.92 Å². The summed E-state index contributed by atoms with van der Waals surface area (Å²) in [5.74, 6) is 0.0898. The molecule has 10 nitrogen and oxygen atoms in total. The molecule has 12 heteroatoms. The van der Waals surface area contributed by atoms with Gasteiger partial charge in [-0.1, -0.05) is 17.7 Å². The fraction of sp³-hybridized carbons (Fsp3) is 0.240. The van der Waals surface area contributed by atoms with Gasteiger partial charge < -0.3 is 14.8 Å². The number of nitrogens with one attached hydrogen (secondary N) is 2. The zero-order valence-electron chi connectivity index (χ0n) is 20.3. The first-order valence-corrected chi connectivity index (χ1v) is 14.6. The number of amides is 1. The molecule has 1 amide bonds. The Balaban J connectivity index is 1.47. The lowest BCUT2D eigenvalue weighted by molar-refractivity contribution is -0.114. The van der Waals surface area contributed by atoms with Gasteiger partial charge in [0.15, 0.2) is 11.5 Å². The summed E-state index contributed by atoms with van der Waals surface area (Å²) in [5.41, 5.74) is 2.02. The first kappa shape index (κ1) is 26.3. The number of anilines is 3. The molecule has 0 fully saturated rings. The molecule has 0 saturated carbocycles. The van der Waals surface area contributed by atoms with Crippen molar-refractivity contribution in [2.45, 2.75) is 18.7 Å². The molecule has 0 radical (unpaired) electrons. The third-order valence-corrected chi connectivity index (χ3v) is 8.69. The third-order valence-electron chi connectivity index (χ3n) is 5.55. The van der Waals surface area contributed by atoms with E-state index in [9.17, 15) is 21.6 Å². The molecule has 3 aromatic rings. The molecule has 0 aliphatic carbocycles. The van der Waals surface area contributed by atoms with Gasteiger partial charge in [0.2, 0.25) is 15.9 Å². The maximum Gasteiger partial charge on any atom is 0.261 e. The van der Waals surface area contributed by atoms with E-state index in [-0.39, 0.29) is 16.3 Å². The fourth-order valence-corrected chi connectivity index (χ4v) is 5.70. The molecular formula is C25H27N3O7S2. The zero-order chi connectivity index (χ0) is 26.6. The van der Waals surface area contributed by atoms with E-state index in [4.69, 9.17) is 9.47 Å². The van der Waals surface area contributed by atoms with E-state index >= 15 is 0 Å². The van der Waals surface area contributed by atoms with Gasteiger partial charge in [-0.05, 0) is 62.4 Å². The van der Waals surface area contributed by atoms with Crippen LogP contribution in [0.3, 0.4) is 0 Å². The van der Waals surface area contributed by atoms with E-state index in [0.717, 1.165) is 9.87 Å². The van der Waals surface area contributed by atoms with Crippen LogP contribution in [-0.2, 0) is 24.8 Å². The molecule has 0 saturated heterocycles. The molecule has 0 aromatic heterocycles. The Morgan fingerprint density at radius 1 is 0.865 bits per heavy atom. The average Bonchev–Trinajstić information content (AvgIpc) is 2.88. The van der Waals surface area contributed by atoms with Crippen molar-refractivity contribution in [3.63, 3.8) is 0 Å². The van der Waals surface area contributed by atoms with Crippen LogP contribution >= 0.6 is 0 Å². The summed E-state index contributed by atoms with van der Waals surface area (Å²) in [7, 11) is -7.63. The molecule has 37 heavy (non-hydrogen) atoms. The minimum atomic E-state index is -3.83. The summed E-state index contributed by atoms with van der Waals surface area (Å²) in [6, 6.07) is 17.2. The van der Waals surface area contributed by atoms with Gasteiger partial charge in [-0.15, -0.1) is 0 Å². The SMILES string of the molecule is CCS(=O)(=O)N(CC(=O)Nc1ccc(S(=O)(=O)Nc2ccc(C)cc2)cc1)c1ccc2c(c1)OCCO2. The second-order valence-corrected chi connectivity index (χ2v) is 12.1. The highest BCUT2D eigenvalue weighted by Gasteiger charge is 2.25. The fourth-order valence-electron chi connectivity index (χ4n) is 3.58. The van der Waals surface area contributed by atoms with Crippen molar-refractivity contribution >= 4 is 43.0 Å². The van der Waals surface area contributed by atoms with Crippen LogP contribution in [0, 0.1) is 6.92 Å². The summed E-state index contributed by atoms with van der Waals surface area (Å²) in [4.78, 5) is 12.8. The van der Waals surface area contributed by atoms with Gasteiger partial charge in [0.1, 0.15) is 19.8 Å². The standard InChI is InChI=1S/C25H27N3O7S2/c1-3-36(30,31)28(21-10-13-23-24(16-21)35-15-14-34-23)17-25(29)26-19-8-11-22(12-9-19)37(32,33)27-20-6-4-18(2)5-7-20/h4-13,16,27H,3,14-15,17H2,1-2H3,(H,26,29). The Bertz CT molecular complexity index is 1490. The third kappa shape index (κ3) is 6.33. The lowest BCUT2D eigenvalue weighted by atomic mass is 10.2. The number of carbonyl (C=O) groups excluding carboxylic acids is 1. The molecule has 0 unspecified atom stereocenters. The first-order valence-electron chi connectivity index (χ1n) is 11.5. The Morgan fingerprint density at radius 3 is 2.14 bits per heavy atom. The second-order valence-electron chi connectivity index (χ2n) is 8.28. The maximum atomic E-state index is 12.8. The van der Waals surface area contributed by atoms with E-state index in [2.05, 4.69) is 10.0 Å². The molecule has 1 heterocycles. The largest absolute Gasteiger partial charge is 0.486 e. The normalized spacial score (nSPS) is 13.0. The second kappa shape index (κ2) is 10.7. The van der Waals surface area contributed by atoms with Gasteiger partial charge in [-0.2, -0.15) is 0 Å². The van der Waals surface area contributed by atoms with Crippen LogP contribution in [0.15, 0.2) is 71.6 Å². The highest BCUT2D eigenvalue weighted by atomic mass is 32.2. The van der Waals surface area contributed by atoms with Gasteiger partial charge in [-0.3, -0.25) is 13.8 Å². The molecule has 196 valence electrons. The number of hydrogen-bond donors (Lipinski definition) is 2. The van der Waals surface area contributed by atoms with Crippen LogP contribution in [0.2, 0.25) is 0 Å². The zero-order valence-corrected chi connectivity index (χ0v) is 21.9. The average molecular weight is 546 g/mol. The molecule has 4 rings (SSSR count). The topological polar surface area (TPSA) is 131 Å². The van der Waals surface area contributed by atoms with E-state index < -0.39 is 32.5 Å². The Morgan fingerprint density at radius 2 is 1.49 bits per heavy atom. The van der Waals surface area contributed by atoms with Crippen LogP contribution in [0.25, 0.3) is 0 Å². The van der Waals surface area contributed by atoms with Gasteiger partial charge in [0.05, 0.1) is 16.3 Å². The highest BCUT2D eigenvalue weighted by Crippen LogP contribution is 2.35. The summed E-state index contributed by atoms with van der Waals surface area (Å²) in [6.45, 7) is 3.64. The number of hydrogen-bond acceptors (Lipinski definition) is 7. The smallest absolute Gasteiger partial charge is 0.261 e. The number of fused-ring (bicyclic) bond motifs is 1. The minimum absolute atomic E-state index is 0.0116. The maximum absolute atomic E-state index is 12.8. The van der Waals surface area contributed by atoms with Gasteiger partial charge in [0.25, 0.3) is 10.0 Å². The summed E-state index contributed by atoms with van der Waals surface area (Å²) in [5, 5.41) is 2.62. The van der Waals surface area contributed by atoms with E-state index in [0.29, 0.717) is 36.1 Å². The summed E-state index contributed by atoms with van der Waals surface area (Å²) in [6.07, 6.45) is 0. The lowest BCUT2D eigenvalue weighted by Crippen LogP contribution is -2.39. The summed E-state index contributed by atoms with van der Waals surface area (Å²) < 4.78 is 65.4. The van der Waals surface area contributed by atoms with Crippen LogP contribution in [0.1, 0.15) is 12.5 Å². The molecule has 0 bridgehead atoms. The molecular weight excluding hydrogens is 518 g/mol. The monoisotopic (exact) mass is 545 g/mol. The van der Waals surface area contributed by atoms with Crippen molar-refractivity contribution in [3.8, 4) is 11.5 Å². The highest BCUT2D eigenvalue weighted by molar-refractivity contribution is 7.93. The Labute approximate surface area is 216 Å². The predicted octanol–water partition coefficient (Wildman–Crippen LogP) is 3.36. The molecule has 1 aliphatic heterocycles. The number of rotatable bonds is 9. The van der Waals surface area contributed by atoms with Gasteiger partial charge in [-0.25, -0.2) is 16.8 Å². The van der Waals surface area contributed by atoms with Gasteiger partial charge in [0, 0.05) is 17.4 Å².